The number of aromatic nitrogens is 1. The lowest BCUT2D eigenvalue weighted by atomic mass is 9.97. The summed E-state index contributed by atoms with van der Waals surface area (Å²) in [5, 5.41) is 4.09. The molecule has 1 unspecified atom stereocenters. The van der Waals surface area contributed by atoms with E-state index >= 15 is 0 Å². The molecule has 5 heterocycles. The molecule has 3 atom stereocenters. The largest absolute Gasteiger partial charge is 0.347 e. The van der Waals surface area contributed by atoms with Gasteiger partial charge in [0.05, 0.1) is 4.88 Å². The molecule has 5 rings (SSSR count). The van der Waals surface area contributed by atoms with Crippen LogP contribution in [0.2, 0.25) is 0 Å². The lowest BCUT2D eigenvalue weighted by molar-refractivity contribution is 0.0797. The summed E-state index contributed by atoms with van der Waals surface area (Å²) < 4.78 is 0.949. The maximum Gasteiger partial charge on any atom is 0.270 e. The molecule has 142 valence electrons. The molecule has 0 aromatic carbocycles. The Bertz CT molecular complexity index is 877. The molecular formula is C20H24N4O2S. The molecule has 0 radical (unpaired) electrons. The normalized spacial score (nSPS) is 27.3. The van der Waals surface area contributed by atoms with Gasteiger partial charge >= 0.3 is 0 Å². The maximum absolute atomic E-state index is 12.7. The zero-order valence-corrected chi connectivity index (χ0v) is 16.1. The molecule has 3 aliphatic rings. The second kappa shape index (κ2) is 6.87. The van der Waals surface area contributed by atoms with Crippen molar-refractivity contribution in [2.45, 2.75) is 31.7 Å². The summed E-state index contributed by atoms with van der Waals surface area (Å²) in [6.07, 6.45) is 6.21. The Morgan fingerprint density at radius 3 is 2.81 bits per heavy atom. The topological polar surface area (TPSA) is 65.5 Å². The van der Waals surface area contributed by atoms with Gasteiger partial charge in [0.15, 0.2) is 0 Å². The lowest BCUT2D eigenvalue weighted by Crippen LogP contribution is -2.47. The molecule has 27 heavy (non-hydrogen) atoms. The van der Waals surface area contributed by atoms with Crippen molar-refractivity contribution in [3.8, 4) is 0 Å². The average Bonchev–Trinajstić information content (AvgIpc) is 3.40. The Labute approximate surface area is 162 Å². The number of carbonyl (C=O) groups is 2. The molecular weight excluding hydrogens is 360 g/mol. The van der Waals surface area contributed by atoms with Crippen LogP contribution in [0.25, 0.3) is 10.1 Å². The number of piperidine rings is 1. The van der Waals surface area contributed by atoms with Crippen LogP contribution in [0.4, 0.5) is 0 Å². The van der Waals surface area contributed by atoms with E-state index in [2.05, 4.69) is 15.2 Å². The second-order valence-corrected chi connectivity index (χ2v) is 9.12. The summed E-state index contributed by atoms with van der Waals surface area (Å²) in [5.41, 5.74) is 0.442. The second-order valence-electron chi connectivity index (χ2n) is 8.04. The van der Waals surface area contributed by atoms with Crippen molar-refractivity contribution in [3.05, 3.63) is 28.9 Å². The first-order chi connectivity index (χ1) is 13.2. The van der Waals surface area contributed by atoms with Gasteiger partial charge in [0.1, 0.15) is 5.69 Å². The Balaban J connectivity index is 1.31. The summed E-state index contributed by atoms with van der Waals surface area (Å²) in [5.74, 6) is 0.715. The molecule has 0 aliphatic carbocycles. The van der Waals surface area contributed by atoms with E-state index in [0.29, 0.717) is 5.69 Å². The highest BCUT2D eigenvalue weighted by Crippen LogP contribution is 2.29. The Hall–Kier alpha value is -1.99. The third-order valence-electron chi connectivity index (χ3n) is 6.04. The molecule has 2 aromatic heterocycles. The first kappa shape index (κ1) is 17.1. The Morgan fingerprint density at radius 2 is 2.00 bits per heavy atom. The molecule has 2 bridgehead atoms. The minimum atomic E-state index is -0.106. The van der Waals surface area contributed by atoms with Crippen molar-refractivity contribution < 1.29 is 9.59 Å². The van der Waals surface area contributed by atoms with Crippen molar-refractivity contribution in [2.75, 3.05) is 32.7 Å². The predicted octanol–water partition coefficient (Wildman–Crippen LogP) is 2.36. The van der Waals surface area contributed by atoms with Gasteiger partial charge in [-0.2, -0.15) is 0 Å². The van der Waals surface area contributed by atoms with Crippen LogP contribution >= 0.6 is 11.3 Å². The maximum atomic E-state index is 12.7. The number of nitrogens with zero attached hydrogens (tertiary/aromatic N) is 3. The molecule has 0 spiro atoms. The van der Waals surface area contributed by atoms with Gasteiger partial charge in [-0.15, -0.1) is 11.3 Å². The van der Waals surface area contributed by atoms with Crippen LogP contribution in [0, 0.1) is 5.92 Å². The molecule has 3 fully saturated rings. The van der Waals surface area contributed by atoms with E-state index in [1.54, 1.807) is 6.20 Å². The van der Waals surface area contributed by atoms with E-state index in [-0.39, 0.29) is 17.9 Å². The first-order valence-electron chi connectivity index (χ1n) is 9.88. The zero-order chi connectivity index (χ0) is 18.4. The SMILES string of the molecule is O=C(N[C@@H]1C[C@@H]2CCN(C2)C1)c1cc2sc(C(=O)N3CCCC3)cc2cn1. The summed E-state index contributed by atoms with van der Waals surface area (Å²) in [4.78, 5) is 34.7. The number of rotatable bonds is 3. The standard InChI is InChI=1S/C20H24N4O2S/c25-19(22-15-7-13-3-6-23(11-13)12-15)16-9-17-14(10-21-16)8-18(27-17)20(26)24-4-1-2-5-24/h8-10,13,15H,1-7,11-12H2,(H,22,25)/t13-,15+/m0/s1. The monoisotopic (exact) mass is 384 g/mol. The lowest BCUT2D eigenvalue weighted by Gasteiger charge is -2.30. The summed E-state index contributed by atoms with van der Waals surface area (Å²) >= 11 is 1.46. The molecule has 3 saturated heterocycles. The first-order valence-corrected chi connectivity index (χ1v) is 10.7. The summed E-state index contributed by atoms with van der Waals surface area (Å²) in [6.45, 7) is 4.97. The van der Waals surface area contributed by atoms with Crippen LogP contribution in [0.5, 0.6) is 0 Å². The quantitative estimate of drug-likeness (QED) is 0.882. The van der Waals surface area contributed by atoms with Crippen molar-refractivity contribution >= 4 is 33.2 Å². The number of hydrogen-bond donors (Lipinski definition) is 1. The van der Waals surface area contributed by atoms with Crippen LogP contribution in [0.3, 0.4) is 0 Å². The van der Waals surface area contributed by atoms with Crippen molar-refractivity contribution in [1.29, 1.82) is 0 Å². The van der Waals surface area contributed by atoms with Gasteiger partial charge < -0.3 is 15.1 Å². The van der Waals surface area contributed by atoms with Crippen LogP contribution in [-0.4, -0.2) is 65.4 Å². The number of thiophene rings is 1. The van der Waals surface area contributed by atoms with Crippen molar-refractivity contribution in [2.24, 2.45) is 5.92 Å². The molecule has 1 N–H and O–H groups in total. The number of nitrogens with one attached hydrogen (secondary N) is 1. The van der Waals surface area contributed by atoms with E-state index in [1.165, 1.54) is 24.3 Å². The van der Waals surface area contributed by atoms with Crippen molar-refractivity contribution in [1.82, 2.24) is 20.1 Å². The third kappa shape index (κ3) is 3.34. The number of carbonyl (C=O) groups excluding carboxylic acids is 2. The number of hydrogen-bond acceptors (Lipinski definition) is 5. The van der Waals surface area contributed by atoms with E-state index in [9.17, 15) is 9.59 Å². The van der Waals surface area contributed by atoms with Gasteiger partial charge in [0.25, 0.3) is 11.8 Å². The number of amides is 2. The van der Waals surface area contributed by atoms with E-state index in [1.807, 2.05) is 17.0 Å². The average molecular weight is 385 g/mol. The van der Waals surface area contributed by atoms with Crippen molar-refractivity contribution in [3.63, 3.8) is 0 Å². The highest BCUT2D eigenvalue weighted by Gasteiger charge is 2.33. The molecule has 0 saturated carbocycles. The molecule has 7 heteroatoms. The third-order valence-corrected chi connectivity index (χ3v) is 7.13. The Morgan fingerprint density at radius 1 is 1.15 bits per heavy atom. The summed E-state index contributed by atoms with van der Waals surface area (Å²) in [7, 11) is 0. The summed E-state index contributed by atoms with van der Waals surface area (Å²) in [6, 6.07) is 3.95. The molecule has 2 amide bonds. The molecule has 3 aliphatic heterocycles. The molecule has 2 aromatic rings. The fourth-order valence-electron chi connectivity index (χ4n) is 4.66. The number of fused-ring (bicyclic) bond motifs is 3. The highest BCUT2D eigenvalue weighted by atomic mass is 32.1. The van der Waals surface area contributed by atoms with Crippen LogP contribution in [-0.2, 0) is 0 Å². The van der Waals surface area contributed by atoms with E-state index in [4.69, 9.17) is 0 Å². The van der Waals surface area contributed by atoms with Gasteiger partial charge in [-0.1, -0.05) is 0 Å². The minimum absolute atomic E-state index is 0.103. The highest BCUT2D eigenvalue weighted by molar-refractivity contribution is 7.20. The van der Waals surface area contributed by atoms with Crippen LogP contribution in [0.1, 0.15) is 45.8 Å². The van der Waals surface area contributed by atoms with Gasteiger partial charge in [-0.05, 0) is 50.3 Å². The predicted molar refractivity (Wildman–Crippen MR) is 105 cm³/mol. The van der Waals surface area contributed by atoms with E-state index < -0.39 is 0 Å². The molecule has 6 nitrogen and oxygen atoms in total. The number of likely N-dealkylation sites (tertiary alicyclic amines) is 1. The fourth-order valence-corrected chi connectivity index (χ4v) is 5.70. The van der Waals surface area contributed by atoms with Gasteiger partial charge in [-0.25, -0.2) is 0 Å². The van der Waals surface area contributed by atoms with Gasteiger partial charge in [-0.3, -0.25) is 14.6 Å². The zero-order valence-electron chi connectivity index (χ0n) is 15.3. The van der Waals surface area contributed by atoms with Crippen LogP contribution in [0.15, 0.2) is 18.3 Å². The van der Waals surface area contributed by atoms with Gasteiger partial charge in [0.2, 0.25) is 0 Å². The van der Waals surface area contributed by atoms with Crippen LogP contribution < -0.4 is 5.32 Å². The fraction of sp³-hybridized carbons (Fsp3) is 0.550. The Kier molecular flexibility index (Phi) is 4.36. The number of pyridine rings is 1. The van der Waals surface area contributed by atoms with Gasteiger partial charge in [0, 0.05) is 48.5 Å². The minimum Gasteiger partial charge on any atom is -0.347 e. The smallest absolute Gasteiger partial charge is 0.270 e. The van der Waals surface area contributed by atoms with E-state index in [0.717, 1.165) is 66.3 Å².